The van der Waals surface area contributed by atoms with Crippen molar-refractivity contribution in [3.05, 3.63) is 27.2 Å². The number of halogens is 1. The molecule has 2 heterocycles. The number of hydrogen-bond donors (Lipinski definition) is 1. The maximum atomic E-state index is 5.95. The Morgan fingerprint density at radius 1 is 1.43 bits per heavy atom. The van der Waals surface area contributed by atoms with E-state index in [1.807, 2.05) is 18.3 Å². The van der Waals surface area contributed by atoms with Crippen LogP contribution in [0, 0.1) is 0 Å². The van der Waals surface area contributed by atoms with Gasteiger partial charge in [-0.05, 0) is 54.3 Å². The van der Waals surface area contributed by atoms with Crippen LogP contribution in [-0.2, 0) is 6.42 Å². The molecule has 1 aliphatic carbocycles. The van der Waals surface area contributed by atoms with Crippen molar-refractivity contribution in [2.45, 2.75) is 38.6 Å². The first-order chi connectivity index (χ1) is 10.3. The maximum absolute atomic E-state index is 5.95. The van der Waals surface area contributed by atoms with Gasteiger partial charge >= 0.3 is 6.01 Å². The van der Waals surface area contributed by atoms with Crippen LogP contribution in [0.1, 0.15) is 42.7 Å². The first-order valence-corrected chi connectivity index (χ1v) is 8.39. The summed E-state index contributed by atoms with van der Waals surface area (Å²) in [5, 5.41) is 5.65. The van der Waals surface area contributed by atoms with Gasteiger partial charge in [-0.2, -0.15) is 15.0 Å². The van der Waals surface area contributed by atoms with Gasteiger partial charge in [0.2, 0.25) is 11.2 Å². The highest BCUT2D eigenvalue weighted by atomic mass is 35.5. The second kappa shape index (κ2) is 6.58. The summed E-state index contributed by atoms with van der Waals surface area (Å²) in [5.74, 6) is 0.477. The Balaban J connectivity index is 1.78. The molecule has 5 nitrogen and oxygen atoms in total. The molecular formula is C14H17ClN4OS. The van der Waals surface area contributed by atoms with Gasteiger partial charge in [0.15, 0.2) is 0 Å². The number of rotatable bonds is 5. The van der Waals surface area contributed by atoms with E-state index in [1.165, 1.54) is 16.9 Å². The number of aryl methyl sites for hydroxylation is 1. The van der Waals surface area contributed by atoms with Crippen molar-refractivity contribution in [1.29, 1.82) is 0 Å². The highest BCUT2D eigenvalue weighted by Crippen LogP contribution is 2.35. The zero-order valence-electron chi connectivity index (χ0n) is 11.8. The van der Waals surface area contributed by atoms with Gasteiger partial charge in [-0.15, -0.1) is 11.3 Å². The van der Waals surface area contributed by atoms with Gasteiger partial charge in [0, 0.05) is 4.88 Å². The van der Waals surface area contributed by atoms with E-state index in [0.717, 1.165) is 19.3 Å². The monoisotopic (exact) mass is 324 g/mol. The molecule has 1 unspecified atom stereocenters. The second-order valence-electron chi connectivity index (χ2n) is 4.95. The lowest BCUT2D eigenvalue weighted by Gasteiger charge is -2.23. The zero-order valence-corrected chi connectivity index (χ0v) is 13.4. The molecular weight excluding hydrogens is 308 g/mol. The van der Waals surface area contributed by atoms with Gasteiger partial charge in [-0.1, -0.05) is 6.92 Å². The van der Waals surface area contributed by atoms with Crippen molar-refractivity contribution in [2.24, 2.45) is 0 Å². The van der Waals surface area contributed by atoms with Crippen molar-refractivity contribution in [2.75, 3.05) is 11.9 Å². The lowest BCUT2D eigenvalue weighted by atomic mass is 9.94. The van der Waals surface area contributed by atoms with Crippen LogP contribution < -0.4 is 10.1 Å². The fourth-order valence-corrected chi connectivity index (χ4v) is 3.59. The molecule has 2 aromatic rings. The Morgan fingerprint density at radius 2 is 2.33 bits per heavy atom. The lowest BCUT2D eigenvalue weighted by molar-refractivity contribution is 0.291. The molecule has 1 N–H and O–H groups in total. The molecule has 0 aliphatic heterocycles. The van der Waals surface area contributed by atoms with Gasteiger partial charge in [0.05, 0.1) is 12.6 Å². The van der Waals surface area contributed by atoms with Gasteiger partial charge in [0.1, 0.15) is 0 Å². The summed E-state index contributed by atoms with van der Waals surface area (Å²) in [7, 11) is 0. The SMILES string of the molecule is CCCOc1nc(Cl)nc(NC2CCCc3sccc32)n1. The molecule has 0 fully saturated rings. The summed E-state index contributed by atoms with van der Waals surface area (Å²) in [6.07, 6.45) is 4.29. The predicted octanol–water partition coefficient (Wildman–Crippen LogP) is 3.86. The molecule has 112 valence electrons. The van der Waals surface area contributed by atoms with Crippen molar-refractivity contribution < 1.29 is 4.74 Å². The van der Waals surface area contributed by atoms with Crippen molar-refractivity contribution in [1.82, 2.24) is 15.0 Å². The molecule has 0 bridgehead atoms. The number of anilines is 1. The Hall–Kier alpha value is -1.40. The molecule has 0 saturated heterocycles. The first-order valence-electron chi connectivity index (χ1n) is 7.13. The molecule has 1 atom stereocenters. The summed E-state index contributed by atoms with van der Waals surface area (Å²) >= 11 is 7.76. The van der Waals surface area contributed by atoms with Gasteiger partial charge in [0.25, 0.3) is 0 Å². The fourth-order valence-electron chi connectivity index (χ4n) is 2.45. The molecule has 0 spiro atoms. The molecule has 0 aromatic carbocycles. The molecule has 7 heteroatoms. The van der Waals surface area contributed by atoms with E-state index in [1.54, 1.807) is 0 Å². The van der Waals surface area contributed by atoms with E-state index >= 15 is 0 Å². The largest absolute Gasteiger partial charge is 0.463 e. The summed E-state index contributed by atoms with van der Waals surface area (Å²) in [6.45, 7) is 2.60. The minimum atomic E-state index is 0.153. The highest BCUT2D eigenvalue weighted by Gasteiger charge is 2.22. The number of ether oxygens (including phenoxy) is 1. The summed E-state index contributed by atoms with van der Waals surface area (Å²) < 4.78 is 5.44. The third-order valence-electron chi connectivity index (χ3n) is 3.38. The maximum Gasteiger partial charge on any atom is 0.322 e. The predicted molar refractivity (Wildman–Crippen MR) is 84.2 cm³/mol. The Kier molecular flexibility index (Phi) is 4.55. The van der Waals surface area contributed by atoms with Gasteiger partial charge in [-0.25, -0.2) is 0 Å². The van der Waals surface area contributed by atoms with Crippen molar-refractivity contribution in [3.63, 3.8) is 0 Å². The molecule has 21 heavy (non-hydrogen) atoms. The van der Waals surface area contributed by atoms with Crippen LogP contribution >= 0.6 is 22.9 Å². The van der Waals surface area contributed by atoms with Crippen LogP contribution in [0.4, 0.5) is 5.95 Å². The lowest BCUT2D eigenvalue weighted by Crippen LogP contribution is -2.17. The van der Waals surface area contributed by atoms with E-state index in [0.29, 0.717) is 12.6 Å². The van der Waals surface area contributed by atoms with Crippen LogP contribution in [0.3, 0.4) is 0 Å². The standard InChI is InChI=1S/C14H17ClN4OS/c1-2-7-20-14-18-12(15)17-13(19-14)16-10-4-3-5-11-9(10)6-8-21-11/h6,8,10H,2-5,7H2,1H3,(H,16,17,18,19). The Morgan fingerprint density at radius 3 is 3.19 bits per heavy atom. The number of aromatic nitrogens is 3. The van der Waals surface area contributed by atoms with E-state index in [-0.39, 0.29) is 17.3 Å². The van der Waals surface area contributed by atoms with Crippen LogP contribution in [0.25, 0.3) is 0 Å². The highest BCUT2D eigenvalue weighted by molar-refractivity contribution is 7.10. The Bertz CT molecular complexity index is 619. The third kappa shape index (κ3) is 3.44. The minimum Gasteiger partial charge on any atom is -0.463 e. The molecule has 0 saturated carbocycles. The number of nitrogens with zero attached hydrogens (tertiary/aromatic N) is 3. The van der Waals surface area contributed by atoms with Crippen LogP contribution in [0.5, 0.6) is 6.01 Å². The summed E-state index contributed by atoms with van der Waals surface area (Å²) in [5.41, 5.74) is 1.35. The zero-order chi connectivity index (χ0) is 14.7. The average molecular weight is 325 g/mol. The third-order valence-corrected chi connectivity index (χ3v) is 4.54. The molecule has 0 amide bonds. The van der Waals surface area contributed by atoms with Crippen molar-refractivity contribution in [3.8, 4) is 6.01 Å². The van der Waals surface area contributed by atoms with E-state index < -0.39 is 0 Å². The molecule has 0 radical (unpaired) electrons. The number of nitrogens with one attached hydrogen (secondary N) is 1. The fraction of sp³-hybridized carbons (Fsp3) is 0.500. The quantitative estimate of drug-likeness (QED) is 0.904. The van der Waals surface area contributed by atoms with Gasteiger partial charge < -0.3 is 10.1 Å². The van der Waals surface area contributed by atoms with Crippen LogP contribution in [0.2, 0.25) is 5.28 Å². The van der Waals surface area contributed by atoms with E-state index in [4.69, 9.17) is 16.3 Å². The number of fused-ring (bicyclic) bond motifs is 1. The first kappa shape index (κ1) is 14.5. The van der Waals surface area contributed by atoms with E-state index in [9.17, 15) is 0 Å². The van der Waals surface area contributed by atoms with Gasteiger partial charge in [-0.3, -0.25) is 0 Å². The topological polar surface area (TPSA) is 59.9 Å². The normalized spacial score (nSPS) is 17.3. The molecule has 3 rings (SSSR count). The summed E-state index contributed by atoms with van der Waals surface area (Å²) in [4.78, 5) is 13.9. The van der Waals surface area contributed by atoms with Crippen molar-refractivity contribution >= 4 is 28.9 Å². The minimum absolute atomic E-state index is 0.153. The number of thiophene rings is 1. The van der Waals surface area contributed by atoms with Crippen LogP contribution in [-0.4, -0.2) is 21.6 Å². The number of hydrogen-bond acceptors (Lipinski definition) is 6. The average Bonchev–Trinajstić information content (AvgIpc) is 2.94. The Labute approximate surface area is 132 Å². The second-order valence-corrected chi connectivity index (χ2v) is 6.29. The smallest absolute Gasteiger partial charge is 0.322 e. The summed E-state index contributed by atoms with van der Waals surface area (Å²) in [6, 6.07) is 2.69. The van der Waals surface area contributed by atoms with Crippen LogP contribution in [0.15, 0.2) is 11.4 Å². The van der Waals surface area contributed by atoms with E-state index in [2.05, 4.69) is 31.7 Å². The molecule has 2 aromatic heterocycles. The molecule has 1 aliphatic rings.